The highest BCUT2D eigenvalue weighted by molar-refractivity contribution is 5.96. The summed E-state index contributed by atoms with van der Waals surface area (Å²) in [5, 5.41) is 14.0. The van der Waals surface area contributed by atoms with Gasteiger partial charge in [0.15, 0.2) is 0 Å². The molecule has 0 atom stereocenters. The summed E-state index contributed by atoms with van der Waals surface area (Å²) in [7, 11) is 0. The average molecular weight is 288 g/mol. The summed E-state index contributed by atoms with van der Waals surface area (Å²) in [6, 6.07) is 6.69. The van der Waals surface area contributed by atoms with Gasteiger partial charge in [-0.15, -0.1) is 0 Å². The fourth-order valence-electron chi connectivity index (χ4n) is 1.60. The van der Waals surface area contributed by atoms with Gasteiger partial charge in [-0.25, -0.2) is 0 Å². The number of nitrogens with one attached hydrogen (secondary N) is 2. The zero-order chi connectivity index (χ0) is 15.9. The van der Waals surface area contributed by atoms with Crippen LogP contribution in [0.5, 0.6) is 0 Å². The van der Waals surface area contributed by atoms with Gasteiger partial charge in [0, 0.05) is 16.7 Å². The lowest BCUT2D eigenvalue weighted by molar-refractivity contribution is -0.121. The Bertz CT molecular complexity index is 577. The molecule has 5 heteroatoms. The number of carbonyl (C=O) groups excluding carboxylic acids is 2. The van der Waals surface area contributed by atoms with Gasteiger partial charge in [-0.3, -0.25) is 9.59 Å². The van der Waals surface area contributed by atoms with Crippen LogP contribution < -0.4 is 10.6 Å². The van der Waals surface area contributed by atoms with Crippen molar-refractivity contribution in [1.82, 2.24) is 10.6 Å². The van der Waals surface area contributed by atoms with Crippen molar-refractivity contribution in [1.29, 1.82) is 0 Å². The van der Waals surface area contributed by atoms with E-state index in [-0.39, 0.29) is 30.5 Å². The summed E-state index contributed by atoms with van der Waals surface area (Å²) < 4.78 is 0. The SMILES string of the molecule is CC(C)(C)NC(=O)CNC(=O)c1cccc(C#CCO)c1. The molecule has 0 fully saturated rings. The molecule has 2 amide bonds. The minimum absolute atomic E-state index is 0.0807. The first-order valence-corrected chi connectivity index (χ1v) is 6.61. The molecular weight excluding hydrogens is 268 g/mol. The molecule has 112 valence electrons. The lowest BCUT2D eigenvalue weighted by atomic mass is 10.1. The third-order valence-electron chi connectivity index (χ3n) is 2.36. The van der Waals surface area contributed by atoms with Crippen LogP contribution in [0.2, 0.25) is 0 Å². The van der Waals surface area contributed by atoms with E-state index >= 15 is 0 Å². The Morgan fingerprint density at radius 2 is 2.00 bits per heavy atom. The van der Waals surface area contributed by atoms with E-state index in [0.29, 0.717) is 11.1 Å². The van der Waals surface area contributed by atoms with Crippen LogP contribution in [0, 0.1) is 11.8 Å². The van der Waals surface area contributed by atoms with Gasteiger partial charge in [-0.05, 0) is 39.0 Å². The quantitative estimate of drug-likeness (QED) is 0.716. The van der Waals surface area contributed by atoms with Crippen LogP contribution in [-0.4, -0.2) is 35.6 Å². The van der Waals surface area contributed by atoms with Gasteiger partial charge in [0.2, 0.25) is 5.91 Å². The molecule has 21 heavy (non-hydrogen) atoms. The van der Waals surface area contributed by atoms with Crippen molar-refractivity contribution in [2.75, 3.05) is 13.2 Å². The van der Waals surface area contributed by atoms with Crippen LogP contribution in [0.4, 0.5) is 0 Å². The molecule has 1 aromatic carbocycles. The minimum Gasteiger partial charge on any atom is -0.384 e. The summed E-state index contributed by atoms with van der Waals surface area (Å²) >= 11 is 0. The van der Waals surface area contributed by atoms with E-state index in [4.69, 9.17) is 5.11 Å². The number of aliphatic hydroxyl groups excluding tert-OH is 1. The number of aliphatic hydroxyl groups is 1. The number of amides is 2. The van der Waals surface area contributed by atoms with Crippen LogP contribution in [0.1, 0.15) is 36.7 Å². The Morgan fingerprint density at radius 1 is 1.29 bits per heavy atom. The summed E-state index contributed by atoms with van der Waals surface area (Å²) in [5.74, 6) is 4.66. The highest BCUT2D eigenvalue weighted by Gasteiger charge is 2.14. The zero-order valence-corrected chi connectivity index (χ0v) is 12.5. The Hall–Kier alpha value is -2.32. The fourth-order valence-corrected chi connectivity index (χ4v) is 1.60. The second kappa shape index (κ2) is 7.46. The van der Waals surface area contributed by atoms with Crippen molar-refractivity contribution in [3.05, 3.63) is 35.4 Å². The van der Waals surface area contributed by atoms with Crippen molar-refractivity contribution < 1.29 is 14.7 Å². The van der Waals surface area contributed by atoms with Crippen molar-refractivity contribution in [2.45, 2.75) is 26.3 Å². The molecule has 0 spiro atoms. The fraction of sp³-hybridized carbons (Fsp3) is 0.375. The van der Waals surface area contributed by atoms with Crippen LogP contribution >= 0.6 is 0 Å². The van der Waals surface area contributed by atoms with Crippen molar-refractivity contribution >= 4 is 11.8 Å². The molecule has 0 saturated heterocycles. The molecule has 0 radical (unpaired) electrons. The average Bonchev–Trinajstić information content (AvgIpc) is 2.41. The Kier molecular flexibility index (Phi) is 5.94. The van der Waals surface area contributed by atoms with E-state index in [1.165, 1.54) is 0 Å². The van der Waals surface area contributed by atoms with Crippen molar-refractivity contribution in [3.63, 3.8) is 0 Å². The van der Waals surface area contributed by atoms with E-state index in [0.717, 1.165) is 0 Å². The van der Waals surface area contributed by atoms with Gasteiger partial charge in [0.25, 0.3) is 5.91 Å². The second-order valence-corrected chi connectivity index (χ2v) is 5.52. The van der Waals surface area contributed by atoms with Crippen LogP contribution in [0.3, 0.4) is 0 Å². The van der Waals surface area contributed by atoms with Gasteiger partial charge in [0.05, 0.1) is 6.54 Å². The minimum atomic E-state index is -0.341. The normalized spacial score (nSPS) is 10.3. The second-order valence-electron chi connectivity index (χ2n) is 5.52. The topological polar surface area (TPSA) is 78.4 Å². The number of hydrogen-bond donors (Lipinski definition) is 3. The number of rotatable bonds is 3. The van der Waals surface area contributed by atoms with Crippen LogP contribution in [0.25, 0.3) is 0 Å². The molecule has 0 saturated carbocycles. The predicted molar refractivity (Wildman–Crippen MR) is 80.6 cm³/mol. The summed E-state index contributed by atoms with van der Waals surface area (Å²) in [6.45, 7) is 5.30. The number of benzene rings is 1. The van der Waals surface area contributed by atoms with Gasteiger partial charge in [-0.1, -0.05) is 17.9 Å². The van der Waals surface area contributed by atoms with Gasteiger partial charge < -0.3 is 15.7 Å². The molecule has 5 nitrogen and oxygen atoms in total. The first kappa shape index (κ1) is 16.7. The maximum absolute atomic E-state index is 12.0. The van der Waals surface area contributed by atoms with Gasteiger partial charge in [-0.2, -0.15) is 0 Å². The maximum Gasteiger partial charge on any atom is 0.251 e. The highest BCUT2D eigenvalue weighted by atomic mass is 16.2. The lowest BCUT2D eigenvalue weighted by Gasteiger charge is -2.20. The third-order valence-corrected chi connectivity index (χ3v) is 2.36. The molecule has 3 N–H and O–H groups in total. The van der Waals surface area contributed by atoms with E-state index in [9.17, 15) is 9.59 Å². The number of carbonyl (C=O) groups is 2. The largest absolute Gasteiger partial charge is 0.384 e. The van der Waals surface area contributed by atoms with Gasteiger partial charge in [0.1, 0.15) is 6.61 Å². The maximum atomic E-state index is 12.0. The zero-order valence-electron chi connectivity index (χ0n) is 12.5. The molecule has 1 aromatic rings. The molecule has 0 unspecified atom stereocenters. The molecule has 0 aliphatic heterocycles. The van der Waals surface area contributed by atoms with Crippen molar-refractivity contribution in [3.8, 4) is 11.8 Å². The molecule has 0 aliphatic rings. The molecule has 0 heterocycles. The molecule has 1 rings (SSSR count). The molecule has 0 aromatic heterocycles. The Labute approximate surface area is 124 Å². The molecule has 0 aliphatic carbocycles. The van der Waals surface area contributed by atoms with E-state index in [2.05, 4.69) is 22.5 Å². The predicted octanol–water partition coefficient (Wildman–Crippen LogP) is 0.675. The molecular formula is C16H20N2O3. The summed E-state index contributed by atoms with van der Waals surface area (Å²) in [5.41, 5.74) is 0.723. The van der Waals surface area contributed by atoms with Crippen LogP contribution in [-0.2, 0) is 4.79 Å². The standard InChI is InChI=1S/C16H20N2O3/c1-16(2,3)18-14(20)11-17-15(21)13-8-4-6-12(10-13)7-5-9-19/h4,6,8,10,19H,9,11H2,1-3H3,(H,17,21)(H,18,20). The van der Waals surface area contributed by atoms with Crippen molar-refractivity contribution in [2.24, 2.45) is 0 Å². The van der Waals surface area contributed by atoms with Crippen LogP contribution in [0.15, 0.2) is 24.3 Å². The summed E-state index contributed by atoms with van der Waals surface area (Å²) in [6.07, 6.45) is 0. The highest BCUT2D eigenvalue weighted by Crippen LogP contribution is 2.04. The van der Waals surface area contributed by atoms with E-state index < -0.39 is 0 Å². The smallest absolute Gasteiger partial charge is 0.251 e. The van der Waals surface area contributed by atoms with E-state index in [1.54, 1.807) is 24.3 Å². The Balaban J connectivity index is 2.62. The van der Waals surface area contributed by atoms with Gasteiger partial charge >= 0.3 is 0 Å². The first-order chi connectivity index (χ1) is 9.81. The molecule has 0 bridgehead atoms. The monoisotopic (exact) mass is 288 g/mol. The number of hydrogen-bond acceptors (Lipinski definition) is 3. The van der Waals surface area contributed by atoms with E-state index in [1.807, 2.05) is 20.8 Å². The first-order valence-electron chi connectivity index (χ1n) is 6.61. The third kappa shape index (κ3) is 6.59. The lowest BCUT2D eigenvalue weighted by Crippen LogP contribution is -2.45. The summed E-state index contributed by atoms with van der Waals surface area (Å²) in [4.78, 5) is 23.6. The Morgan fingerprint density at radius 3 is 2.62 bits per heavy atom.